The minimum Gasteiger partial charge on any atom is -0.422 e. The molecule has 7 nitrogen and oxygen atoms in total. The largest absolute Gasteiger partial charge is 0.422 e. The lowest BCUT2D eigenvalue weighted by molar-refractivity contribution is -0.136. The van der Waals surface area contributed by atoms with Crippen molar-refractivity contribution in [1.29, 1.82) is 0 Å². The molecule has 170 valence electrons. The number of hydrogen-bond donors (Lipinski definition) is 2. The first-order valence-corrected chi connectivity index (χ1v) is 11.4. The lowest BCUT2D eigenvalue weighted by Crippen LogP contribution is -2.32. The quantitative estimate of drug-likeness (QED) is 0.121. The lowest BCUT2D eigenvalue weighted by Gasteiger charge is -2.07. The summed E-state index contributed by atoms with van der Waals surface area (Å²) in [4.78, 5) is 37.1. The summed E-state index contributed by atoms with van der Waals surface area (Å²) < 4.78 is 6.40. The van der Waals surface area contributed by atoms with Gasteiger partial charge < -0.3 is 10.1 Å². The Hall–Kier alpha value is -3.72. The Balaban J connectivity index is 1.43. The highest BCUT2D eigenvalue weighted by molar-refractivity contribution is 7.21. The third kappa shape index (κ3) is 5.26. The van der Waals surface area contributed by atoms with Crippen LogP contribution in [0.25, 0.3) is 10.1 Å². The van der Waals surface area contributed by atoms with Gasteiger partial charge in [0.1, 0.15) is 10.6 Å². The van der Waals surface area contributed by atoms with Gasteiger partial charge in [0.05, 0.1) is 21.9 Å². The number of para-hydroxylation sites is 2. The molecule has 4 rings (SSSR count). The maximum absolute atomic E-state index is 12.8. The first kappa shape index (κ1) is 23.4. The average molecular weight is 512 g/mol. The molecule has 34 heavy (non-hydrogen) atoms. The first-order valence-electron chi connectivity index (χ1n) is 9.81. The summed E-state index contributed by atoms with van der Waals surface area (Å²) in [6.07, 6.45) is 1.26. The lowest BCUT2D eigenvalue weighted by atomic mass is 10.2. The van der Waals surface area contributed by atoms with Gasteiger partial charge in [-0.25, -0.2) is 10.2 Å². The normalized spacial score (nSPS) is 10.9. The number of rotatable bonds is 5. The van der Waals surface area contributed by atoms with Gasteiger partial charge in [0.2, 0.25) is 0 Å². The Morgan fingerprint density at radius 1 is 0.882 bits per heavy atom. The van der Waals surface area contributed by atoms with Crippen LogP contribution in [-0.2, 0) is 9.59 Å². The number of fused-ring (bicyclic) bond motifs is 1. The number of hydrogen-bond acceptors (Lipinski definition) is 6. The number of esters is 1. The van der Waals surface area contributed by atoms with Gasteiger partial charge in [-0.2, -0.15) is 5.10 Å². The van der Waals surface area contributed by atoms with E-state index in [1.165, 1.54) is 17.6 Å². The molecule has 0 radical (unpaired) electrons. The number of anilines is 1. The smallest absolute Gasteiger partial charge is 0.355 e. The molecule has 0 saturated heterocycles. The van der Waals surface area contributed by atoms with E-state index in [-0.39, 0.29) is 10.6 Å². The van der Waals surface area contributed by atoms with Crippen molar-refractivity contribution < 1.29 is 19.1 Å². The number of benzene rings is 3. The van der Waals surface area contributed by atoms with E-state index < -0.39 is 17.8 Å². The van der Waals surface area contributed by atoms with Crippen LogP contribution in [0.1, 0.15) is 15.2 Å². The van der Waals surface area contributed by atoms with Crippen molar-refractivity contribution in [2.24, 2.45) is 5.10 Å². The second-order valence-corrected chi connectivity index (χ2v) is 8.64. The van der Waals surface area contributed by atoms with Crippen LogP contribution in [0.4, 0.5) is 5.69 Å². The number of nitrogens with zero attached hydrogens (tertiary/aromatic N) is 1. The van der Waals surface area contributed by atoms with Crippen molar-refractivity contribution in [3.63, 3.8) is 0 Å². The van der Waals surface area contributed by atoms with Crippen LogP contribution in [0.2, 0.25) is 10.0 Å². The van der Waals surface area contributed by atoms with Crippen LogP contribution < -0.4 is 15.5 Å². The Labute approximate surface area is 207 Å². The minimum absolute atomic E-state index is 0.208. The summed E-state index contributed by atoms with van der Waals surface area (Å²) in [5, 5.41) is 7.57. The fraction of sp³-hybridized carbons (Fsp3) is 0. The van der Waals surface area contributed by atoms with E-state index in [0.29, 0.717) is 21.3 Å². The fourth-order valence-corrected chi connectivity index (χ4v) is 4.49. The molecule has 2 amide bonds. The Bertz CT molecular complexity index is 1430. The Morgan fingerprint density at radius 3 is 2.38 bits per heavy atom. The topological polar surface area (TPSA) is 96.9 Å². The van der Waals surface area contributed by atoms with Crippen molar-refractivity contribution in [3.05, 3.63) is 93.3 Å². The second-order valence-electron chi connectivity index (χ2n) is 6.80. The summed E-state index contributed by atoms with van der Waals surface area (Å²) in [7, 11) is 0. The molecular formula is C24H15Cl2N3O4S. The molecule has 0 atom stereocenters. The molecule has 1 heterocycles. The number of halogens is 2. The number of carbonyl (C=O) groups excluding carboxylic acids is 3. The second kappa shape index (κ2) is 10.5. The number of amides is 2. The van der Waals surface area contributed by atoms with Crippen LogP contribution >= 0.6 is 34.5 Å². The molecule has 0 bridgehead atoms. The predicted octanol–water partition coefficient (Wildman–Crippen LogP) is 5.52. The molecule has 1 aromatic heterocycles. The molecule has 3 aromatic carbocycles. The van der Waals surface area contributed by atoms with Crippen LogP contribution in [0.15, 0.2) is 77.9 Å². The third-order valence-corrected chi connectivity index (χ3v) is 6.53. The van der Waals surface area contributed by atoms with Crippen molar-refractivity contribution in [3.8, 4) is 5.75 Å². The summed E-state index contributed by atoms with van der Waals surface area (Å²) in [5.41, 5.74) is 2.82. The zero-order valence-electron chi connectivity index (χ0n) is 17.2. The average Bonchev–Trinajstić information content (AvgIpc) is 3.18. The van der Waals surface area contributed by atoms with Gasteiger partial charge in [-0.1, -0.05) is 65.7 Å². The highest BCUT2D eigenvalue weighted by Gasteiger charge is 2.20. The van der Waals surface area contributed by atoms with Gasteiger partial charge in [0, 0.05) is 15.6 Å². The van der Waals surface area contributed by atoms with E-state index in [2.05, 4.69) is 15.8 Å². The van der Waals surface area contributed by atoms with E-state index in [1.807, 2.05) is 24.3 Å². The molecule has 0 aliphatic rings. The van der Waals surface area contributed by atoms with Gasteiger partial charge in [-0.3, -0.25) is 9.59 Å². The summed E-state index contributed by atoms with van der Waals surface area (Å²) in [6, 6.07) is 20.5. The fourth-order valence-electron chi connectivity index (χ4n) is 2.92. The van der Waals surface area contributed by atoms with Crippen molar-refractivity contribution in [2.45, 2.75) is 0 Å². The molecular weight excluding hydrogens is 497 g/mol. The van der Waals surface area contributed by atoms with Crippen molar-refractivity contribution in [1.82, 2.24) is 5.43 Å². The minimum atomic E-state index is -0.997. The molecule has 4 aromatic rings. The van der Waals surface area contributed by atoms with Gasteiger partial charge in [0.25, 0.3) is 0 Å². The van der Waals surface area contributed by atoms with E-state index in [4.69, 9.17) is 27.9 Å². The number of nitrogens with one attached hydrogen (secondary N) is 2. The molecule has 0 unspecified atom stereocenters. The highest BCUT2D eigenvalue weighted by Crippen LogP contribution is 2.36. The maximum atomic E-state index is 12.8. The third-order valence-electron chi connectivity index (χ3n) is 4.54. The summed E-state index contributed by atoms with van der Waals surface area (Å²) in [6.45, 7) is 0. The summed E-state index contributed by atoms with van der Waals surface area (Å²) in [5.74, 6) is -2.35. The van der Waals surface area contributed by atoms with Crippen molar-refractivity contribution >= 4 is 74.3 Å². The maximum Gasteiger partial charge on any atom is 0.355 e. The van der Waals surface area contributed by atoms with E-state index in [1.54, 1.807) is 48.5 Å². The van der Waals surface area contributed by atoms with Crippen molar-refractivity contribution in [2.75, 3.05) is 5.32 Å². The van der Waals surface area contributed by atoms with E-state index in [9.17, 15) is 14.4 Å². The zero-order chi connectivity index (χ0) is 24.1. The van der Waals surface area contributed by atoms with Gasteiger partial charge in [0.15, 0.2) is 0 Å². The Morgan fingerprint density at radius 2 is 1.59 bits per heavy atom. The molecule has 0 aliphatic carbocycles. The Kier molecular flexibility index (Phi) is 7.22. The van der Waals surface area contributed by atoms with E-state index >= 15 is 0 Å². The molecule has 10 heteroatoms. The molecule has 0 saturated carbocycles. The van der Waals surface area contributed by atoms with Gasteiger partial charge in [-0.15, -0.1) is 11.3 Å². The summed E-state index contributed by atoms with van der Waals surface area (Å²) >= 11 is 13.6. The van der Waals surface area contributed by atoms with Gasteiger partial charge >= 0.3 is 17.8 Å². The number of thiophene rings is 1. The van der Waals surface area contributed by atoms with Crippen LogP contribution in [0, 0.1) is 0 Å². The monoisotopic (exact) mass is 511 g/mol. The molecule has 0 aliphatic heterocycles. The highest BCUT2D eigenvalue weighted by atomic mass is 35.5. The predicted molar refractivity (Wildman–Crippen MR) is 134 cm³/mol. The zero-order valence-corrected chi connectivity index (χ0v) is 19.6. The van der Waals surface area contributed by atoms with Gasteiger partial charge in [-0.05, 0) is 30.3 Å². The standard InChI is InChI=1S/C24H15Cl2N3O4S/c25-16-9-3-4-10-17(16)28-22(30)23(31)29-27-13-14-7-1-5-11-18(14)33-24(32)21-20(26)15-8-2-6-12-19(15)34-21/h1-13H,(H,28,30)(H,29,31)/b27-13-. The number of ether oxygens (including phenoxy) is 1. The van der Waals surface area contributed by atoms with Crippen LogP contribution in [0.3, 0.4) is 0 Å². The first-order chi connectivity index (χ1) is 16.4. The van der Waals surface area contributed by atoms with E-state index in [0.717, 1.165) is 10.1 Å². The number of hydrazone groups is 1. The number of carbonyl (C=O) groups is 3. The molecule has 2 N–H and O–H groups in total. The molecule has 0 fully saturated rings. The van der Waals surface area contributed by atoms with Crippen LogP contribution in [0.5, 0.6) is 5.75 Å². The van der Waals surface area contributed by atoms with Crippen LogP contribution in [-0.4, -0.2) is 24.0 Å². The molecule has 0 spiro atoms. The SMILES string of the molecule is O=C(N/N=C\c1ccccc1OC(=O)c1sc2ccccc2c1Cl)C(=O)Nc1ccccc1Cl.